The van der Waals surface area contributed by atoms with Crippen LogP contribution >= 0.6 is 27.3 Å². The highest BCUT2D eigenvalue weighted by Gasteiger charge is 2.21. The molecule has 0 radical (unpaired) electrons. The summed E-state index contributed by atoms with van der Waals surface area (Å²) in [6, 6.07) is 20.4. The lowest BCUT2D eigenvalue weighted by molar-refractivity contribution is 0.433. The van der Waals surface area contributed by atoms with Crippen molar-refractivity contribution in [3.63, 3.8) is 0 Å². The molecule has 0 amide bonds. The molecule has 0 aliphatic heterocycles. The van der Waals surface area contributed by atoms with Crippen LogP contribution in [0.3, 0.4) is 0 Å². The zero-order valence-electron chi connectivity index (χ0n) is 15.5. The number of nitrogens with zero attached hydrogens (tertiary/aromatic N) is 3. The van der Waals surface area contributed by atoms with Crippen molar-refractivity contribution in [2.45, 2.75) is 6.92 Å². The average molecular weight is 462 g/mol. The second-order valence-corrected chi connectivity index (χ2v) is 8.52. The van der Waals surface area contributed by atoms with Crippen molar-refractivity contribution in [2.75, 3.05) is 0 Å². The molecular weight excluding hydrogens is 446 g/mol. The van der Waals surface area contributed by atoms with Crippen LogP contribution in [0.25, 0.3) is 39.0 Å². The van der Waals surface area contributed by atoms with E-state index in [9.17, 15) is 0 Å². The van der Waals surface area contributed by atoms with Crippen molar-refractivity contribution in [3.05, 3.63) is 88.5 Å². The standard InChI is InChI=1S/C23H16BrN3OS/c1-15-6-4-7-16(12-15)19-14-29-21(20(19)27-10-2-3-11-27)23-25-22(26-28-23)17-8-5-9-18(24)13-17/h2-14H,1H3. The fourth-order valence-electron chi connectivity index (χ4n) is 3.32. The van der Waals surface area contributed by atoms with Gasteiger partial charge in [-0.1, -0.05) is 63.0 Å². The van der Waals surface area contributed by atoms with Crippen molar-refractivity contribution >= 4 is 27.3 Å². The van der Waals surface area contributed by atoms with E-state index in [1.807, 2.05) is 48.8 Å². The molecule has 0 saturated carbocycles. The van der Waals surface area contributed by atoms with E-state index in [1.54, 1.807) is 11.3 Å². The summed E-state index contributed by atoms with van der Waals surface area (Å²) < 4.78 is 8.76. The van der Waals surface area contributed by atoms with Gasteiger partial charge in [0.05, 0.1) is 5.69 Å². The van der Waals surface area contributed by atoms with E-state index in [0.29, 0.717) is 11.7 Å². The van der Waals surface area contributed by atoms with Gasteiger partial charge in [0.15, 0.2) is 0 Å². The van der Waals surface area contributed by atoms with Crippen LogP contribution in [-0.4, -0.2) is 14.7 Å². The normalized spacial score (nSPS) is 11.1. The highest BCUT2D eigenvalue weighted by Crippen LogP contribution is 2.41. The fraction of sp³-hybridized carbons (Fsp3) is 0.0435. The quantitative estimate of drug-likeness (QED) is 0.289. The van der Waals surface area contributed by atoms with Crippen LogP contribution in [0, 0.1) is 6.92 Å². The number of hydrogen-bond acceptors (Lipinski definition) is 4. The van der Waals surface area contributed by atoms with Crippen LogP contribution in [0.5, 0.6) is 0 Å². The summed E-state index contributed by atoms with van der Waals surface area (Å²) in [5, 5.41) is 6.37. The molecule has 0 spiro atoms. The van der Waals surface area contributed by atoms with Crippen LogP contribution in [0.4, 0.5) is 0 Å². The molecule has 3 aromatic heterocycles. The van der Waals surface area contributed by atoms with E-state index in [4.69, 9.17) is 4.52 Å². The monoisotopic (exact) mass is 461 g/mol. The lowest BCUT2D eigenvalue weighted by Gasteiger charge is -2.08. The summed E-state index contributed by atoms with van der Waals surface area (Å²) in [7, 11) is 0. The van der Waals surface area contributed by atoms with Gasteiger partial charge in [-0.2, -0.15) is 4.98 Å². The van der Waals surface area contributed by atoms with E-state index in [-0.39, 0.29) is 0 Å². The largest absolute Gasteiger partial charge is 0.333 e. The second-order valence-electron chi connectivity index (χ2n) is 6.72. The predicted octanol–water partition coefficient (Wildman–Crippen LogP) is 6.99. The maximum Gasteiger partial charge on any atom is 0.270 e. The van der Waals surface area contributed by atoms with Crippen molar-refractivity contribution in [3.8, 4) is 39.0 Å². The van der Waals surface area contributed by atoms with Crippen LogP contribution < -0.4 is 0 Å². The third kappa shape index (κ3) is 3.45. The molecule has 5 rings (SSSR count). The Kier molecular flexibility index (Phi) is 4.66. The lowest BCUT2D eigenvalue weighted by Crippen LogP contribution is -1.93. The third-order valence-electron chi connectivity index (χ3n) is 4.66. The molecule has 5 aromatic rings. The van der Waals surface area contributed by atoms with Crippen LogP contribution in [-0.2, 0) is 0 Å². The predicted molar refractivity (Wildman–Crippen MR) is 120 cm³/mol. The summed E-state index contributed by atoms with van der Waals surface area (Å²) in [5.74, 6) is 1.10. The van der Waals surface area contributed by atoms with Gasteiger partial charge in [0.1, 0.15) is 4.88 Å². The Morgan fingerprint density at radius 2 is 1.76 bits per heavy atom. The summed E-state index contributed by atoms with van der Waals surface area (Å²) in [5.41, 5.74) is 5.50. The first-order chi connectivity index (χ1) is 14.2. The first-order valence-corrected chi connectivity index (χ1v) is 10.8. The lowest BCUT2D eigenvalue weighted by atomic mass is 10.0. The molecule has 0 bridgehead atoms. The highest BCUT2D eigenvalue weighted by molar-refractivity contribution is 9.10. The summed E-state index contributed by atoms with van der Waals surface area (Å²) in [6.45, 7) is 2.11. The van der Waals surface area contributed by atoms with Crippen molar-refractivity contribution < 1.29 is 4.52 Å². The number of aromatic nitrogens is 3. The summed E-state index contributed by atoms with van der Waals surface area (Å²) in [4.78, 5) is 5.64. The highest BCUT2D eigenvalue weighted by atomic mass is 79.9. The number of hydrogen-bond donors (Lipinski definition) is 0. The maximum absolute atomic E-state index is 5.68. The van der Waals surface area contributed by atoms with Gasteiger partial charge in [-0.3, -0.25) is 0 Å². The van der Waals surface area contributed by atoms with Gasteiger partial charge in [-0.05, 0) is 36.8 Å². The van der Waals surface area contributed by atoms with E-state index >= 15 is 0 Å². The topological polar surface area (TPSA) is 43.9 Å². The molecule has 0 atom stereocenters. The van der Waals surface area contributed by atoms with Crippen molar-refractivity contribution in [2.24, 2.45) is 0 Å². The van der Waals surface area contributed by atoms with E-state index in [1.165, 1.54) is 11.1 Å². The molecule has 2 aromatic carbocycles. The molecule has 142 valence electrons. The Hall–Kier alpha value is -2.96. The Morgan fingerprint density at radius 3 is 2.55 bits per heavy atom. The Bertz CT molecular complexity index is 1290. The summed E-state index contributed by atoms with van der Waals surface area (Å²) in [6.07, 6.45) is 4.08. The first kappa shape index (κ1) is 18.1. The smallest absolute Gasteiger partial charge is 0.270 e. The van der Waals surface area contributed by atoms with Crippen LogP contribution in [0.15, 0.2) is 87.4 Å². The SMILES string of the molecule is Cc1cccc(-c2csc(-c3nc(-c4cccc(Br)c4)no3)c2-n2cccc2)c1. The molecule has 29 heavy (non-hydrogen) atoms. The van der Waals surface area contributed by atoms with Crippen LogP contribution in [0.1, 0.15) is 5.56 Å². The molecule has 0 N–H and O–H groups in total. The number of halogens is 1. The molecule has 0 aliphatic rings. The van der Waals surface area contributed by atoms with Gasteiger partial charge in [0.25, 0.3) is 5.89 Å². The molecular formula is C23H16BrN3OS. The van der Waals surface area contributed by atoms with Gasteiger partial charge >= 0.3 is 0 Å². The number of benzene rings is 2. The average Bonchev–Trinajstić information content (AvgIpc) is 3.46. The van der Waals surface area contributed by atoms with Gasteiger partial charge in [-0.25, -0.2) is 0 Å². The van der Waals surface area contributed by atoms with Gasteiger partial charge in [-0.15, -0.1) is 11.3 Å². The van der Waals surface area contributed by atoms with Gasteiger partial charge in [0, 0.05) is 33.4 Å². The molecule has 4 nitrogen and oxygen atoms in total. The second kappa shape index (κ2) is 7.46. The summed E-state index contributed by atoms with van der Waals surface area (Å²) >= 11 is 5.11. The third-order valence-corrected chi connectivity index (χ3v) is 6.11. The molecule has 0 saturated heterocycles. The molecule has 0 fully saturated rings. The number of thiophene rings is 1. The van der Waals surface area contributed by atoms with E-state index < -0.39 is 0 Å². The Morgan fingerprint density at radius 1 is 0.966 bits per heavy atom. The van der Waals surface area contributed by atoms with E-state index in [2.05, 4.69) is 67.2 Å². The molecule has 0 aliphatic carbocycles. The maximum atomic E-state index is 5.68. The van der Waals surface area contributed by atoms with Crippen molar-refractivity contribution in [1.29, 1.82) is 0 Å². The van der Waals surface area contributed by atoms with Gasteiger partial charge in [0.2, 0.25) is 5.82 Å². The van der Waals surface area contributed by atoms with Crippen LogP contribution in [0.2, 0.25) is 0 Å². The Balaban J connectivity index is 1.65. The first-order valence-electron chi connectivity index (χ1n) is 9.11. The zero-order valence-corrected chi connectivity index (χ0v) is 17.9. The van der Waals surface area contributed by atoms with Gasteiger partial charge < -0.3 is 9.09 Å². The molecule has 3 heterocycles. The minimum Gasteiger partial charge on any atom is -0.333 e. The van der Waals surface area contributed by atoms with E-state index in [0.717, 1.165) is 26.2 Å². The minimum absolute atomic E-state index is 0.521. The zero-order chi connectivity index (χ0) is 19.8. The Labute approximate surface area is 180 Å². The number of rotatable bonds is 4. The molecule has 0 unspecified atom stereocenters. The minimum atomic E-state index is 0.521. The fourth-order valence-corrected chi connectivity index (χ4v) is 4.71. The van der Waals surface area contributed by atoms with Crippen molar-refractivity contribution in [1.82, 2.24) is 14.7 Å². The number of aryl methyl sites for hydroxylation is 1. The molecule has 6 heteroatoms.